The van der Waals surface area contributed by atoms with Crippen molar-refractivity contribution in [2.24, 2.45) is 7.05 Å². The molecule has 0 atom stereocenters. The van der Waals surface area contributed by atoms with Gasteiger partial charge in [0.1, 0.15) is 11.4 Å². The SMILES string of the molecule is Cn1c2c(cc(C(=O)N3CC=C(c4ccc(F)cc4)CC3)c1=O)CCCC2. The van der Waals surface area contributed by atoms with Crippen molar-refractivity contribution in [1.29, 1.82) is 0 Å². The van der Waals surface area contributed by atoms with Gasteiger partial charge in [-0.15, -0.1) is 0 Å². The molecule has 0 bridgehead atoms. The number of hydrogen-bond donors (Lipinski definition) is 0. The van der Waals surface area contributed by atoms with Crippen LogP contribution in [0.2, 0.25) is 0 Å². The molecular weight excluding hydrogens is 343 g/mol. The number of nitrogens with zero attached hydrogens (tertiary/aromatic N) is 2. The van der Waals surface area contributed by atoms with Gasteiger partial charge in [0, 0.05) is 25.8 Å². The van der Waals surface area contributed by atoms with Gasteiger partial charge < -0.3 is 9.47 Å². The first kappa shape index (κ1) is 17.7. The van der Waals surface area contributed by atoms with Gasteiger partial charge in [-0.2, -0.15) is 0 Å². The summed E-state index contributed by atoms with van der Waals surface area (Å²) in [6.07, 6.45) is 6.73. The number of aryl methyl sites for hydroxylation is 1. The summed E-state index contributed by atoms with van der Waals surface area (Å²) >= 11 is 0. The number of aromatic nitrogens is 1. The highest BCUT2D eigenvalue weighted by atomic mass is 19.1. The van der Waals surface area contributed by atoms with E-state index in [1.54, 1.807) is 28.6 Å². The first-order valence-corrected chi connectivity index (χ1v) is 9.50. The molecule has 140 valence electrons. The molecule has 5 heteroatoms. The molecule has 1 aromatic carbocycles. The second kappa shape index (κ2) is 7.14. The van der Waals surface area contributed by atoms with Crippen LogP contribution in [0, 0.1) is 5.82 Å². The summed E-state index contributed by atoms with van der Waals surface area (Å²) in [5.74, 6) is -0.450. The van der Waals surface area contributed by atoms with Crippen molar-refractivity contribution in [3.8, 4) is 0 Å². The lowest BCUT2D eigenvalue weighted by molar-refractivity contribution is 0.0770. The third kappa shape index (κ3) is 3.34. The first-order valence-electron chi connectivity index (χ1n) is 9.50. The molecule has 0 fully saturated rings. The van der Waals surface area contributed by atoms with Gasteiger partial charge in [0.05, 0.1) is 0 Å². The summed E-state index contributed by atoms with van der Waals surface area (Å²) in [5.41, 5.74) is 4.36. The Morgan fingerprint density at radius 3 is 2.52 bits per heavy atom. The molecule has 2 aromatic rings. The van der Waals surface area contributed by atoms with Crippen LogP contribution in [0.15, 0.2) is 41.2 Å². The van der Waals surface area contributed by atoms with Gasteiger partial charge in [0.15, 0.2) is 0 Å². The molecule has 0 saturated heterocycles. The van der Waals surface area contributed by atoms with Crippen LogP contribution < -0.4 is 5.56 Å². The van der Waals surface area contributed by atoms with Crippen LogP contribution in [0.4, 0.5) is 4.39 Å². The molecule has 2 heterocycles. The summed E-state index contributed by atoms with van der Waals surface area (Å²) < 4.78 is 14.8. The van der Waals surface area contributed by atoms with Crippen molar-refractivity contribution >= 4 is 11.5 Å². The van der Waals surface area contributed by atoms with Crippen LogP contribution in [-0.4, -0.2) is 28.5 Å². The maximum Gasteiger partial charge on any atom is 0.263 e. The molecule has 0 saturated carbocycles. The maximum absolute atomic E-state index is 13.1. The Bertz CT molecular complexity index is 973. The van der Waals surface area contributed by atoms with E-state index < -0.39 is 0 Å². The largest absolute Gasteiger partial charge is 0.334 e. The molecule has 1 aromatic heterocycles. The zero-order valence-corrected chi connectivity index (χ0v) is 15.5. The third-order valence-electron chi connectivity index (χ3n) is 5.68. The van der Waals surface area contributed by atoms with E-state index >= 15 is 0 Å². The number of carbonyl (C=O) groups is 1. The summed E-state index contributed by atoms with van der Waals surface area (Å²) in [6.45, 7) is 1.02. The molecule has 0 spiro atoms. The summed E-state index contributed by atoms with van der Waals surface area (Å²) in [5, 5.41) is 0. The lowest BCUT2D eigenvalue weighted by Crippen LogP contribution is -2.39. The van der Waals surface area contributed by atoms with Gasteiger partial charge in [0.25, 0.3) is 11.5 Å². The van der Waals surface area contributed by atoms with Crippen molar-refractivity contribution in [2.75, 3.05) is 13.1 Å². The Morgan fingerprint density at radius 2 is 1.81 bits per heavy atom. The summed E-state index contributed by atoms with van der Waals surface area (Å²) in [6, 6.07) is 8.24. The predicted octanol–water partition coefficient (Wildman–Crippen LogP) is 3.33. The van der Waals surface area contributed by atoms with Crippen LogP contribution in [-0.2, 0) is 19.9 Å². The van der Waals surface area contributed by atoms with Crippen LogP contribution in [0.25, 0.3) is 5.57 Å². The number of carbonyl (C=O) groups excluding carboxylic acids is 1. The minimum Gasteiger partial charge on any atom is -0.334 e. The Labute approximate surface area is 157 Å². The van der Waals surface area contributed by atoms with Crippen molar-refractivity contribution < 1.29 is 9.18 Å². The molecule has 27 heavy (non-hydrogen) atoms. The van der Waals surface area contributed by atoms with Crippen molar-refractivity contribution in [1.82, 2.24) is 9.47 Å². The summed E-state index contributed by atoms with van der Waals surface area (Å²) in [4.78, 5) is 27.4. The van der Waals surface area contributed by atoms with Gasteiger partial charge in [-0.05, 0) is 67.0 Å². The molecule has 1 aliphatic carbocycles. The fourth-order valence-electron chi connectivity index (χ4n) is 4.09. The third-order valence-corrected chi connectivity index (χ3v) is 5.68. The van der Waals surface area contributed by atoms with Gasteiger partial charge in [-0.25, -0.2) is 4.39 Å². The van der Waals surface area contributed by atoms with Gasteiger partial charge >= 0.3 is 0 Å². The average Bonchev–Trinajstić information content (AvgIpc) is 2.71. The Morgan fingerprint density at radius 1 is 1.07 bits per heavy atom. The first-order chi connectivity index (χ1) is 13.0. The number of rotatable bonds is 2. The van der Waals surface area contributed by atoms with E-state index in [0.717, 1.165) is 48.1 Å². The molecular formula is C22H23FN2O2. The molecule has 4 rings (SSSR count). The zero-order valence-electron chi connectivity index (χ0n) is 15.5. The molecule has 1 amide bonds. The zero-order chi connectivity index (χ0) is 19.0. The lowest BCUT2D eigenvalue weighted by atomic mass is 9.94. The highest BCUT2D eigenvalue weighted by molar-refractivity contribution is 5.94. The Balaban J connectivity index is 1.57. The standard InChI is InChI=1S/C22H23FN2O2/c1-24-20-5-3-2-4-17(20)14-19(21(24)26)22(27)25-12-10-16(11-13-25)15-6-8-18(23)9-7-15/h6-10,14H,2-5,11-13H2,1H3. The van der Waals surface area contributed by atoms with Crippen LogP contribution >= 0.6 is 0 Å². The van der Waals surface area contributed by atoms with Crippen LogP contribution in [0.3, 0.4) is 0 Å². The maximum atomic E-state index is 13.1. The van der Waals surface area contributed by atoms with E-state index in [1.165, 1.54) is 12.1 Å². The number of hydrogen-bond acceptors (Lipinski definition) is 2. The Hall–Kier alpha value is -2.69. The highest BCUT2D eigenvalue weighted by Gasteiger charge is 2.24. The minimum atomic E-state index is -0.254. The van der Waals surface area contributed by atoms with E-state index in [2.05, 4.69) is 0 Å². The van der Waals surface area contributed by atoms with Crippen LogP contribution in [0.1, 0.15) is 46.4 Å². The predicted molar refractivity (Wildman–Crippen MR) is 103 cm³/mol. The molecule has 0 radical (unpaired) electrons. The van der Waals surface area contributed by atoms with Crippen molar-refractivity contribution in [3.05, 3.63) is 75.0 Å². The van der Waals surface area contributed by atoms with Gasteiger partial charge in [0.2, 0.25) is 0 Å². The fourth-order valence-corrected chi connectivity index (χ4v) is 4.09. The van der Waals surface area contributed by atoms with Gasteiger partial charge in [-0.1, -0.05) is 18.2 Å². The van der Waals surface area contributed by atoms with E-state index in [1.807, 2.05) is 12.1 Å². The number of benzene rings is 1. The number of fused-ring (bicyclic) bond motifs is 1. The highest BCUT2D eigenvalue weighted by Crippen LogP contribution is 2.24. The molecule has 1 aliphatic heterocycles. The minimum absolute atomic E-state index is 0.196. The summed E-state index contributed by atoms with van der Waals surface area (Å²) in [7, 11) is 1.77. The van der Waals surface area contributed by atoms with E-state index in [-0.39, 0.29) is 22.8 Å². The number of halogens is 1. The smallest absolute Gasteiger partial charge is 0.263 e. The van der Waals surface area contributed by atoms with E-state index in [4.69, 9.17) is 0 Å². The number of pyridine rings is 1. The van der Waals surface area contributed by atoms with E-state index in [9.17, 15) is 14.0 Å². The van der Waals surface area contributed by atoms with Crippen LogP contribution in [0.5, 0.6) is 0 Å². The monoisotopic (exact) mass is 366 g/mol. The molecule has 0 unspecified atom stereocenters. The van der Waals surface area contributed by atoms with Crippen molar-refractivity contribution in [3.63, 3.8) is 0 Å². The van der Waals surface area contributed by atoms with Crippen molar-refractivity contribution in [2.45, 2.75) is 32.1 Å². The quantitative estimate of drug-likeness (QED) is 0.818. The normalized spacial score (nSPS) is 16.7. The fraction of sp³-hybridized carbons (Fsp3) is 0.364. The number of amides is 1. The second-order valence-electron chi connectivity index (χ2n) is 7.34. The second-order valence-corrected chi connectivity index (χ2v) is 7.34. The molecule has 0 N–H and O–H groups in total. The average molecular weight is 366 g/mol. The topological polar surface area (TPSA) is 42.3 Å². The van der Waals surface area contributed by atoms with E-state index in [0.29, 0.717) is 19.5 Å². The van der Waals surface area contributed by atoms with Gasteiger partial charge in [-0.3, -0.25) is 9.59 Å². The lowest BCUT2D eigenvalue weighted by Gasteiger charge is -2.27. The Kier molecular flexibility index (Phi) is 4.68. The molecule has 4 nitrogen and oxygen atoms in total. The molecule has 2 aliphatic rings.